The van der Waals surface area contributed by atoms with Gasteiger partial charge >= 0.3 is 0 Å². The molecule has 0 atom stereocenters. The van der Waals surface area contributed by atoms with Crippen LogP contribution in [0.4, 0.5) is 0 Å². The van der Waals surface area contributed by atoms with Crippen LogP contribution in [0.2, 0.25) is 10.0 Å². The van der Waals surface area contributed by atoms with Gasteiger partial charge in [0, 0.05) is 30.7 Å². The largest absolute Gasteiger partial charge is 0.379 e. The number of thiazole rings is 1. The molecule has 1 fully saturated rings. The number of nitrogens with zero attached hydrogens (tertiary/aromatic N) is 2. The fourth-order valence-electron chi connectivity index (χ4n) is 3.04. The zero-order valence-corrected chi connectivity index (χ0v) is 19.6. The van der Waals surface area contributed by atoms with Crippen LogP contribution in [0, 0.1) is 6.92 Å². The molecule has 0 spiro atoms. The number of benzene rings is 1. The van der Waals surface area contributed by atoms with Crippen LogP contribution in [-0.2, 0) is 21.2 Å². The Morgan fingerprint density at radius 1 is 1.23 bits per heavy atom. The minimum absolute atomic E-state index is 0.0122. The van der Waals surface area contributed by atoms with E-state index in [2.05, 4.69) is 10.3 Å². The quantitative estimate of drug-likeness (QED) is 0.570. The number of ether oxygens (including phenoxy) is 1. The van der Waals surface area contributed by atoms with Crippen molar-refractivity contribution in [3.05, 3.63) is 43.8 Å². The van der Waals surface area contributed by atoms with E-state index in [-0.39, 0.29) is 33.6 Å². The van der Waals surface area contributed by atoms with E-state index in [1.165, 1.54) is 16.4 Å². The second-order valence-corrected chi connectivity index (χ2v) is 10.5. The summed E-state index contributed by atoms with van der Waals surface area (Å²) in [6.07, 6.45) is 2.52. The van der Waals surface area contributed by atoms with E-state index in [0.29, 0.717) is 19.8 Å². The predicted molar refractivity (Wildman–Crippen MR) is 118 cm³/mol. The lowest BCUT2D eigenvalue weighted by atomic mass is 10.2. The molecule has 164 valence electrons. The second kappa shape index (κ2) is 10.4. The highest BCUT2D eigenvalue weighted by molar-refractivity contribution is 7.89. The maximum absolute atomic E-state index is 12.9. The fourth-order valence-corrected chi connectivity index (χ4v) is 6.10. The zero-order chi connectivity index (χ0) is 21.7. The molecule has 1 aromatic heterocycles. The van der Waals surface area contributed by atoms with Gasteiger partial charge in [-0.25, -0.2) is 13.4 Å². The molecule has 11 heteroatoms. The Bertz CT molecular complexity index is 1010. The summed E-state index contributed by atoms with van der Waals surface area (Å²) >= 11 is 14.0. The van der Waals surface area contributed by atoms with Crippen LogP contribution in [0.15, 0.2) is 22.4 Å². The van der Waals surface area contributed by atoms with Crippen molar-refractivity contribution in [1.82, 2.24) is 14.6 Å². The highest BCUT2D eigenvalue weighted by atomic mass is 35.5. The summed E-state index contributed by atoms with van der Waals surface area (Å²) in [6, 6.07) is 2.55. The summed E-state index contributed by atoms with van der Waals surface area (Å²) < 4.78 is 32.4. The van der Waals surface area contributed by atoms with Gasteiger partial charge in [0.05, 0.1) is 33.8 Å². The van der Waals surface area contributed by atoms with Crippen LogP contribution in [0.1, 0.15) is 33.9 Å². The van der Waals surface area contributed by atoms with Crippen LogP contribution in [0.25, 0.3) is 0 Å². The van der Waals surface area contributed by atoms with Gasteiger partial charge in [-0.3, -0.25) is 4.79 Å². The van der Waals surface area contributed by atoms with Gasteiger partial charge in [-0.1, -0.05) is 23.2 Å². The Hall–Kier alpha value is -1.23. The van der Waals surface area contributed by atoms with Gasteiger partial charge in [0.25, 0.3) is 5.91 Å². The van der Waals surface area contributed by atoms with Crippen molar-refractivity contribution in [2.75, 3.05) is 32.8 Å². The summed E-state index contributed by atoms with van der Waals surface area (Å²) in [5, 5.41) is 5.99. The first-order valence-electron chi connectivity index (χ1n) is 9.55. The van der Waals surface area contributed by atoms with Gasteiger partial charge in [0.15, 0.2) is 0 Å². The van der Waals surface area contributed by atoms with Gasteiger partial charge < -0.3 is 10.1 Å². The van der Waals surface area contributed by atoms with E-state index < -0.39 is 15.9 Å². The molecule has 1 aliphatic rings. The van der Waals surface area contributed by atoms with Crippen LogP contribution in [-0.4, -0.2) is 56.5 Å². The van der Waals surface area contributed by atoms with Gasteiger partial charge in [0.2, 0.25) is 10.0 Å². The Labute approximate surface area is 190 Å². The average Bonchev–Trinajstić information content (AvgIpc) is 3.13. The van der Waals surface area contributed by atoms with Crippen molar-refractivity contribution in [2.45, 2.75) is 31.1 Å². The number of sulfonamides is 1. The summed E-state index contributed by atoms with van der Waals surface area (Å²) in [4.78, 5) is 16.9. The van der Waals surface area contributed by atoms with Gasteiger partial charge in [-0.15, -0.1) is 11.3 Å². The fraction of sp³-hybridized carbons (Fsp3) is 0.474. The van der Waals surface area contributed by atoms with Crippen molar-refractivity contribution in [2.24, 2.45) is 0 Å². The second-order valence-electron chi connectivity index (χ2n) is 6.87. The molecular formula is C19H23Cl2N3O4S2. The number of carbonyl (C=O) groups is 1. The molecule has 1 saturated heterocycles. The average molecular weight is 492 g/mol. The number of amides is 1. The van der Waals surface area contributed by atoms with E-state index in [4.69, 9.17) is 27.9 Å². The Morgan fingerprint density at radius 3 is 2.63 bits per heavy atom. The molecular weight excluding hydrogens is 469 g/mol. The van der Waals surface area contributed by atoms with E-state index >= 15 is 0 Å². The van der Waals surface area contributed by atoms with Crippen LogP contribution in [0.3, 0.4) is 0 Å². The van der Waals surface area contributed by atoms with Gasteiger partial charge in [-0.05, 0) is 38.3 Å². The van der Waals surface area contributed by atoms with Crippen LogP contribution in [0.5, 0.6) is 0 Å². The predicted octanol–water partition coefficient (Wildman–Crippen LogP) is 3.53. The number of aromatic nitrogens is 1. The van der Waals surface area contributed by atoms with Gasteiger partial charge in [0.1, 0.15) is 4.90 Å². The number of aryl methyl sites for hydroxylation is 2. The van der Waals surface area contributed by atoms with E-state index in [1.54, 1.807) is 11.3 Å². The monoisotopic (exact) mass is 491 g/mol. The molecule has 30 heavy (non-hydrogen) atoms. The van der Waals surface area contributed by atoms with Crippen molar-refractivity contribution in [1.29, 1.82) is 0 Å². The van der Waals surface area contributed by atoms with Crippen molar-refractivity contribution < 1.29 is 17.9 Å². The number of nitrogens with one attached hydrogen (secondary N) is 1. The normalized spacial score (nSPS) is 15.3. The molecule has 3 rings (SSSR count). The van der Waals surface area contributed by atoms with Gasteiger partial charge in [-0.2, -0.15) is 4.31 Å². The molecule has 0 unspecified atom stereocenters. The lowest BCUT2D eigenvalue weighted by molar-refractivity contribution is 0.0730. The minimum Gasteiger partial charge on any atom is -0.379 e. The molecule has 2 aromatic rings. The molecule has 1 N–H and O–H groups in total. The van der Waals surface area contributed by atoms with Crippen molar-refractivity contribution in [3.63, 3.8) is 0 Å². The molecule has 7 nitrogen and oxygen atoms in total. The standard InChI is InChI=1S/C19H23Cl2N3O4S2/c1-13-12-29-18(23-13)4-2-3-5-22-19(25)14-10-17(16(21)11-15(14)20)30(26,27)24-6-8-28-9-7-24/h10-12H,2-9H2,1H3,(H,22,25). The first kappa shape index (κ1) is 23.4. The number of morpholine rings is 1. The molecule has 2 heterocycles. The SMILES string of the molecule is Cc1csc(CCCCNC(=O)c2cc(S(=O)(=O)N3CCOCC3)c(Cl)cc2Cl)n1. The van der Waals surface area contributed by atoms with Crippen LogP contribution >= 0.6 is 34.5 Å². The third-order valence-electron chi connectivity index (χ3n) is 4.62. The molecule has 1 aromatic carbocycles. The maximum atomic E-state index is 12.9. The number of carbonyl (C=O) groups excluding carboxylic acids is 1. The maximum Gasteiger partial charge on any atom is 0.252 e. The first-order chi connectivity index (χ1) is 14.3. The van der Waals surface area contributed by atoms with E-state index in [0.717, 1.165) is 30.0 Å². The highest BCUT2D eigenvalue weighted by Gasteiger charge is 2.30. The topological polar surface area (TPSA) is 88.6 Å². The highest BCUT2D eigenvalue weighted by Crippen LogP contribution is 2.31. The number of hydrogen-bond acceptors (Lipinski definition) is 6. The van der Waals surface area contributed by atoms with E-state index in [1.807, 2.05) is 12.3 Å². The lowest BCUT2D eigenvalue weighted by Crippen LogP contribution is -2.40. The molecule has 0 radical (unpaired) electrons. The Balaban J connectivity index is 1.63. The summed E-state index contributed by atoms with van der Waals surface area (Å²) in [6.45, 7) is 3.52. The molecule has 1 amide bonds. The van der Waals surface area contributed by atoms with Crippen LogP contribution < -0.4 is 5.32 Å². The summed E-state index contributed by atoms with van der Waals surface area (Å²) in [7, 11) is -3.85. The third kappa shape index (κ3) is 5.72. The van der Waals surface area contributed by atoms with E-state index in [9.17, 15) is 13.2 Å². The summed E-state index contributed by atoms with van der Waals surface area (Å²) in [5.74, 6) is -0.430. The number of unbranched alkanes of at least 4 members (excludes halogenated alkanes) is 1. The zero-order valence-electron chi connectivity index (χ0n) is 16.5. The lowest BCUT2D eigenvalue weighted by Gasteiger charge is -2.26. The van der Waals surface area contributed by atoms with Crippen molar-refractivity contribution in [3.8, 4) is 0 Å². The molecule has 0 saturated carbocycles. The third-order valence-corrected chi connectivity index (χ3v) is 8.33. The first-order valence-corrected chi connectivity index (χ1v) is 12.6. The molecule has 1 aliphatic heterocycles. The Kier molecular flexibility index (Phi) is 8.11. The minimum atomic E-state index is -3.85. The number of hydrogen-bond donors (Lipinski definition) is 1. The molecule has 0 aliphatic carbocycles. The van der Waals surface area contributed by atoms with Crippen molar-refractivity contribution >= 4 is 50.5 Å². The summed E-state index contributed by atoms with van der Waals surface area (Å²) in [5.41, 5.74) is 1.10. The smallest absolute Gasteiger partial charge is 0.252 e. The Morgan fingerprint density at radius 2 is 1.97 bits per heavy atom. The molecule has 0 bridgehead atoms. The number of halogens is 2. The number of rotatable bonds is 8.